The Balaban J connectivity index is 1.99. The number of nitrogens with one attached hydrogen (secondary N) is 1. The fraction of sp³-hybridized carbons (Fsp3) is 0.500. The van der Waals surface area contributed by atoms with Gasteiger partial charge in [-0.05, 0) is 0 Å². The number of amides is 1. The van der Waals surface area contributed by atoms with Crippen LogP contribution in [0.1, 0.15) is 32.6 Å². The van der Waals surface area contributed by atoms with Crippen molar-refractivity contribution < 1.29 is 4.79 Å². The minimum absolute atomic E-state index is 0.116. The normalized spacial score (nSPS) is 24.3. The van der Waals surface area contributed by atoms with Gasteiger partial charge in [0.15, 0.2) is 0 Å². The molecule has 3 heteroatoms. The quantitative estimate of drug-likeness (QED) is 0.848. The van der Waals surface area contributed by atoms with Crippen LogP contribution in [0.4, 0.5) is 0 Å². The zero-order valence-corrected chi connectivity index (χ0v) is 11.9. The van der Waals surface area contributed by atoms with Gasteiger partial charge in [0.25, 0.3) is 0 Å². The van der Waals surface area contributed by atoms with Gasteiger partial charge in [-0.25, -0.2) is 0 Å². The molecule has 1 aromatic carbocycles. The van der Waals surface area contributed by atoms with Gasteiger partial charge >= 0.3 is 109 Å². The molecule has 0 radical (unpaired) electrons. The van der Waals surface area contributed by atoms with Crippen LogP contribution in [-0.2, 0) is 4.79 Å². The molecule has 17 heavy (non-hydrogen) atoms. The van der Waals surface area contributed by atoms with Crippen LogP contribution < -0.4 is 9.78 Å². The van der Waals surface area contributed by atoms with Gasteiger partial charge in [-0.3, -0.25) is 0 Å². The number of hydrogen-bond acceptors (Lipinski definition) is 1. The molecule has 1 aliphatic rings. The van der Waals surface area contributed by atoms with Crippen LogP contribution in [0.3, 0.4) is 0 Å². The second kappa shape index (κ2) is 6.23. The molecular weight excluding hydrogens is 277 g/mol. The molecule has 0 aliphatic heterocycles. The van der Waals surface area contributed by atoms with E-state index in [4.69, 9.17) is 0 Å². The van der Waals surface area contributed by atoms with Gasteiger partial charge in [-0.15, -0.1) is 0 Å². The van der Waals surface area contributed by atoms with Gasteiger partial charge in [0.05, 0.1) is 0 Å². The van der Waals surface area contributed by atoms with E-state index in [0.717, 1.165) is 6.42 Å². The van der Waals surface area contributed by atoms with Crippen molar-refractivity contribution in [1.82, 2.24) is 5.32 Å². The number of carbonyl (C=O) groups excluding carboxylic acids is 1. The maximum atomic E-state index is 11.2. The Morgan fingerprint density at radius 3 is 2.65 bits per heavy atom. The Morgan fingerprint density at radius 2 is 1.94 bits per heavy atom. The first-order chi connectivity index (χ1) is 8.25. The molecular formula is C14H19NOSe. The average molecular weight is 296 g/mol. The number of carbonyl (C=O) groups is 1. The second-order valence-corrected chi connectivity index (χ2v) is 7.31. The Kier molecular flexibility index (Phi) is 4.64. The van der Waals surface area contributed by atoms with Crippen molar-refractivity contribution in [3.63, 3.8) is 0 Å². The summed E-state index contributed by atoms with van der Waals surface area (Å²) in [7, 11) is 0. The Bertz CT molecular complexity index is 366. The predicted molar refractivity (Wildman–Crippen MR) is 71.7 cm³/mol. The molecule has 0 heterocycles. The predicted octanol–water partition coefficient (Wildman–Crippen LogP) is 1.88. The molecule has 1 aromatic rings. The maximum absolute atomic E-state index is 11.2. The van der Waals surface area contributed by atoms with E-state index < -0.39 is 0 Å². The minimum atomic E-state index is 0.116. The summed E-state index contributed by atoms with van der Waals surface area (Å²) in [4.78, 5) is 11.9. The third-order valence-electron chi connectivity index (χ3n) is 3.12. The van der Waals surface area contributed by atoms with Crippen LogP contribution in [0, 0.1) is 0 Å². The first kappa shape index (κ1) is 12.7. The zero-order chi connectivity index (χ0) is 12.1. The van der Waals surface area contributed by atoms with E-state index in [1.807, 2.05) is 0 Å². The first-order valence-corrected chi connectivity index (χ1v) is 8.09. The number of rotatable bonds is 3. The Morgan fingerprint density at radius 1 is 1.24 bits per heavy atom. The van der Waals surface area contributed by atoms with E-state index >= 15 is 0 Å². The molecule has 92 valence electrons. The summed E-state index contributed by atoms with van der Waals surface area (Å²) in [5, 5.41) is 3.13. The SMILES string of the molecule is CC(=O)NC1CCCCC1[Se]c1ccccc1. The van der Waals surface area contributed by atoms with Crippen LogP contribution in [-0.4, -0.2) is 26.9 Å². The fourth-order valence-corrected chi connectivity index (χ4v) is 5.10. The van der Waals surface area contributed by atoms with Gasteiger partial charge in [-0.1, -0.05) is 0 Å². The summed E-state index contributed by atoms with van der Waals surface area (Å²) in [5.74, 6) is 0.116. The van der Waals surface area contributed by atoms with Crippen LogP contribution in [0.5, 0.6) is 0 Å². The summed E-state index contributed by atoms with van der Waals surface area (Å²) in [6.07, 6.45) is 4.99. The summed E-state index contributed by atoms with van der Waals surface area (Å²) in [6.45, 7) is 1.63. The van der Waals surface area contributed by atoms with Gasteiger partial charge < -0.3 is 0 Å². The van der Waals surface area contributed by atoms with Crippen molar-refractivity contribution in [2.45, 2.75) is 43.5 Å². The number of benzene rings is 1. The van der Waals surface area contributed by atoms with Gasteiger partial charge in [0, 0.05) is 0 Å². The third-order valence-corrected chi connectivity index (χ3v) is 6.08. The molecule has 2 unspecified atom stereocenters. The molecule has 0 aromatic heterocycles. The zero-order valence-electron chi connectivity index (χ0n) is 10.2. The second-order valence-electron chi connectivity index (χ2n) is 4.56. The average Bonchev–Trinajstić information content (AvgIpc) is 2.32. The van der Waals surface area contributed by atoms with Crippen molar-refractivity contribution in [1.29, 1.82) is 0 Å². The monoisotopic (exact) mass is 297 g/mol. The van der Waals surface area contributed by atoms with Crippen molar-refractivity contribution in [2.24, 2.45) is 0 Å². The molecule has 2 rings (SSSR count). The molecule has 0 spiro atoms. The number of hydrogen-bond donors (Lipinski definition) is 1. The van der Waals surface area contributed by atoms with Gasteiger partial charge in [-0.2, -0.15) is 0 Å². The van der Waals surface area contributed by atoms with Crippen molar-refractivity contribution in [3.05, 3.63) is 30.3 Å². The van der Waals surface area contributed by atoms with Crippen molar-refractivity contribution in [3.8, 4) is 0 Å². The van der Waals surface area contributed by atoms with Crippen LogP contribution in [0.2, 0.25) is 4.82 Å². The molecule has 2 nitrogen and oxygen atoms in total. The Hall–Kier alpha value is -0.791. The van der Waals surface area contributed by atoms with E-state index in [2.05, 4.69) is 35.6 Å². The van der Waals surface area contributed by atoms with Crippen LogP contribution >= 0.6 is 0 Å². The first-order valence-electron chi connectivity index (χ1n) is 6.24. The fourth-order valence-electron chi connectivity index (χ4n) is 2.34. The molecule has 0 bridgehead atoms. The molecule has 1 aliphatic carbocycles. The van der Waals surface area contributed by atoms with Crippen LogP contribution in [0.25, 0.3) is 0 Å². The summed E-state index contributed by atoms with van der Waals surface area (Å²) in [5.41, 5.74) is 0. The molecule has 1 N–H and O–H groups in total. The van der Waals surface area contributed by atoms with E-state index in [1.165, 1.54) is 23.7 Å². The van der Waals surface area contributed by atoms with E-state index in [0.29, 0.717) is 25.8 Å². The topological polar surface area (TPSA) is 29.1 Å². The van der Waals surface area contributed by atoms with Gasteiger partial charge in [0.2, 0.25) is 0 Å². The standard InChI is InChI=1S/C14H19NOSe/c1-11(16)15-13-9-5-6-10-14(13)17-12-7-3-2-4-8-12/h2-4,7-8,13-14H,5-6,9-10H2,1H3,(H,15,16). The van der Waals surface area contributed by atoms with E-state index in [1.54, 1.807) is 6.92 Å². The van der Waals surface area contributed by atoms with Crippen molar-refractivity contribution in [2.75, 3.05) is 0 Å². The molecule has 0 saturated heterocycles. The molecule has 1 saturated carbocycles. The molecule has 2 atom stereocenters. The summed E-state index contributed by atoms with van der Waals surface area (Å²) < 4.78 is 1.45. The Labute approximate surface area is 109 Å². The molecule has 1 amide bonds. The van der Waals surface area contributed by atoms with E-state index in [-0.39, 0.29) is 5.91 Å². The van der Waals surface area contributed by atoms with Crippen LogP contribution in [0.15, 0.2) is 30.3 Å². The summed E-state index contributed by atoms with van der Waals surface area (Å²) >= 11 is 0.481. The van der Waals surface area contributed by atoms with Crippen molar-refractivity contribution >= 4 is 25.3 Å². The summed E-state index contributed by atoms with van der Waals surface area (Å²) in [6, 6.07) is 11.1. The van der Waals surface area contributed by atoms with E-state index in [9.17, 15) is 4.79 Å². The third kappa shape index (κ3) is 3.86. The van der Waals surface area contributed by atoms with Gasteiger partial charge in [0.1, 0.15) is 0 Å². The molecule has 1 fully saturated rings.